The highest BCUT2D eigenvalue weighted by molar-refractivity contribution is 5.78. The van der Waals surface area contributed by atoms with Gasteiger partial charge in [-0.05, 0) is 19.8 Å². The number of likely N-dealkylation sites (tertiary alicyclic amines) is 1. The summed E-state index contributed by atoms with van der Waals surface area (Å²) >= 11 is 0. The van der Waals surface area contributed by atoms with Crippen LogP contribution in [-0.4, -0.2) is 42.6 Å². The van der Waals surface area contributed by atoms with Crippen molar-refractivity contribution in [2.45, 2.75) is 25.3 Å². The fourth-order valence-corrected chi connectivity index (χ4v) is 2.03. The van der Waals surface area contributed by atoms with Crippen molar-refractivity contribution in [3.63, 3.8) is 0 Å². The molecule has 1 aliphatic heterocycles. The van der Waals surface area contributed by atoms with Gasteiger partial charge in [-0.2, -0.15) is 0 Å². The van der Waals surface area contributed by atoms with Gasteiger partial charge in [-0.1, -0.05) is 0 Å². The van der Waals surface area contributed by atoms with Crippen molar-refractivity contribution in [3.8, 4) is 0 Å². The number of carbonyl (C=O) groups excluding carboxylic acids is 1. The minimum absolute atomic E-state index is 0.0779. The molecule has 2 rings (SSSR count). The lowest BCUT2D eigenvalue weighted by molar-refractivity contribution is -0.129. The number of hydrogen-bond acceptors (Lipinski definition) is 3. The lowest BCUT2D eigenvalue weighted by atomic mass is 9.96. The van der Waals surface area contributed by atoms with Gasteiger partial charge in [-0.3, -0.25) is 9.69 Å². The van der Waals surface area contributed by atoms with Crippen LogP contribution < -0.4 is 5.73 Å². The average molecular weight is 198 g/mol. The third-order valence-corrected chi connectivity index (χ3v) is 3.36. The minimum atomic E-state index is -0.159. The van der Waals surface area contributed by atoms with Crippen LogP contribution in [0.2, 0.25) is 0 Å². The number of rotatable bonds is 5. The van der Waals surface area contributed by atoms with Gasteiger partial charge in [0.25, 0.3) is 0 Å². The molecule has 4 heteroatoms. The molecule has 2 aliphatic rings. The number of ether oxygens (including phenoxy) is 1. The molecule has 80 valence electrons. The summed E-state index contributed by atoms with van der Waals surface area (Å²) in [4.78, 5) is 13.2. The van der Waals surface area contributed by atoms with Gasteiger partial charge in [0.2, 0.25) is 5.91 Å². The lowest BCUT2D eigenvalue weighted by Crippen LogP contribution is -2.58. The molecule has 1 amide bonds. The van der Waals surface area contributed by atoms with Gasteiger partial charge in [-0.25, -0.2) is 0 Å². The van der Waals surface area contributed by atoms with Crippen molar-refractivity contribution in [1.82, 2.24) is 4.90 Å². The van der Waals surface area contributed by atoms with E-state index in [0.717, 1.165) is 26.3 Å². The van der Waals surface area contributed by atoms with Gasteiger partial charge >= 0.3 is 0 Å². The van der Waals surface area contributed by atoms with Crippen LogP contribution in [0, 0.1) is 5.92 Å². The molecule has 1 heterocycles. The van der Waals surface area contributed by atoms with Gasteiger partial charge in [0.1, 0.15) is 0 Å². The Morgan fingerprint density at radius 1 is 1.57 bits per heavy atom. The Balaban J connectivity index is 1.78. The van der Waals surface area contributed by atoms with E-state index in [-0.39, 0.29) is 17.4 Å². The Bertz CT molecular complexity index is 232. The maximum absolute atomic E-state index is 10.9. The number of primary amides is 1. The Hall–Kier alpha value is -0.610. The van der Waals surface area contributed by atoms with Crippen LogP contribution >= 0.6 is 0 Å². The van der Waals surface area contributed by atoms with E-state index >= 15 is 0 Å². The summed E-state index contributed by atoms with van der Waals surface area (Å²) in [7, 11) is 0. The lowest BCUT2D eigenvalue weighted by Gasteiger charge is -2.43. The van der Waals surface area contributed by atoms with Crippen molar-refractivity contribution in [2.24, 2.45) is 11.7 Å². The summed E-state index contributed by atoms with van der Waals surface area (Å²) in [5.74, 6) is -0.0810. The van der Waals surface area contributed by atoms with Crippen molar-refractivity contribution < 1.29 is 9.53 Å². The molecule has 0 aromatic rings. The third kappa shape index (κ3) is 1.64. The molecule has 2 N–H and O–H groups in total. The van der Waals surface area contributed by atoms with Crippen LogP contribution in [-0.2, 0) is 9.53 Å². The van der Waals surface area contributed by atoms with Crippen LogP contribution in [0.3, 0.4) is 0 Å². The summed E-state index contributed by atoms with van der Waals surface area (Å²) in [6, 6.07) is 0. The molecule has 0 aromatic heterocycles. The molecule has 0 atom stereocenters. The molecule has 1 aliphatic carbocycles. The molecular weight excluding hydrogens is 180 g/mol. The minimum Gasteiger partial charge on any atom is -0.380 e. The molecule has 0 bridgehead atoms. The maximum atomic E-state index is 10.9. The molecule has 1 saturated heterocycles. The zero-order valence-electron chi connectivity index (χ0n) is 8.66. The summed E-state index contributed by atoms with van der Waals surface area (Å²) in [6.45, 7) is 5.27. The van der Waals surface area contributed by atoms with E-state index < -0.39 is 0 Å². The number of carbonyl (C=O) groups is 1. The van der Waals surface area contributed by atoms with E-state index in [0.29, 0.717) is 0 Å². The van der Waals surface area contributed by atoms with Crippen molar-refractivity contribution in [3.05, 3.63) is 0 Å². The van der Waals surface area contributed by atoms with E-state index in [1.807, 2.05) is 6.92 Å². The molecule has 1 saturated carbocycles. The Morgan fingerprint density at radius 3 is 2.64 bits per heavy atom. The van der Waals surface area contributed by atoms with E-state index in [1.165, 1.54) is 12.8 Å². The Labute approximate surface area is 84.4 Å². The summed E-state index contributed by atoms with van der Waals surface area (Å²) in [5.41, 5.74) is 5.49. The summed E-state index contributed by atoms with van der Waals surface area (Å²) in [6.07, 6.45) is 2.41. The first-order chi connectivity index (χ1) is 6.68. The Morgan fingerprint density at radius 2 is 2.21 bits per heavy atom. The van der Waals surface area contributed by atoms with E-state index in [4.69, 9.17) is 10.5 Å². The number of hydrogen-bond donors (Lipinski definition) is 1. The van der Waals surface area contributed by atoms with Crippen molar-refractivity contribution in [2.75, 3.05) is 26.3 Å². The second-order valence-corrected chi connectivity index (χ2v) is 4.37. The second-order valence-electron chi connectivity index (χ2n) is 4.37. The highest BCUT2D eigenvalue weighted by atomic mass is 16.5. The third-order valence-electron chi connectivity index (χ3n) is 3.36. The van der Waals surface area contributed by atoms with Gasteiger partial charge < -0.3 is 10.5 Å². The van der Waals surface area contributed by atoms with E-state index in [1.54, 1.807) is 0 Å². The molecule has 0 aromatic carbocycles. The van der Waals surface area contributed by atoms with Gasteiger partial charge in [0, 0.05) is 25.2 Å². The van der Waals surface area contributed by atoms with Crippen LogP contribution in [0.1, 0.15) is 19.8 Å². The van der Waals surface area contributed by atoms with Crippen LogP contribution in [0.15, 0.2) is 0 Å². The predicted molar refractivity (Wildman–Crippen MR) is 52.7 cm³/mol. The zero-order chi connectivity index (χ0) is 10.2. The van der Waals surface area contributed by atoms with Crippen molar-refractivity contribution in [1.29, 1.82) is 0 Å². The fraction of sp³-hybridized carbons (Fsp3) is 0.900. The van der Waals surface area contributed by atoms with E-state index in [9.17, 15) is 4.79 Å². The molecule has 0 radical (unpaired) electrons. The predicted octanol–water partition coefficient (Wildman–Crippen LogP) is -0.0274. The quantitative estimate of drug-likeness (QED) is 0.675. The highest BCUT2D eigenvalue weighted by Crippen LogP contribution is 2.45. The van der Waals surface area contributed by atoms with Crippen molar-refractivity contribution >= 4 is 5.91 Å². The molecule has 4 nitrogen and oxygen atoms in total. The second kappa shape index (κ2) is 3.51. The monoisotopic (exact) mass is 198 g/mol. The standard InChI is InChI=1S/C10H18N2O2/c1-2-14-7-10(3-4-10)12-5-8(6-12)9(11)13/h8H,2-7H2,1H3,(H2,11,13). The highest BCUT2D eigenvalue weighted by Gasteiger charge is 2.53. The first-order valence-corrected chi connectivity index (χ1v) is 5.30. The van der Waals surface area contributed by atoms with Gasteiger partial charge in [0.05, 0.1) is 12.5 Å². The molecule has 2 fully saturated rings. The SMILES string of the molecule is CCOCC1(N2CC(C(N)=O)C2)CC1. The number of nitrogens with two attached hydrogens (primary N) is 1. The molecule has 14 heavy (non-hydrogen) atoms. The maximum Gasteiger partial charge on any atom is 0.223 e. The molecule has 0 unspecified atom stereocenters. The molecule has 0 spiro atoms. The summed E-state index contributed by atoms with van der Waals surface area (Å²) < 4.78 is 5.46. The first-order valence-electron chi connectivity index (χ1n) is 5.30. The Kier molecular flexibility index (Phi) is 2.49. The van der Waals surface area contributed by atoms with E-state index in [2.05, 4.69) is 4.90 Å². The van der Waals surface area contributed by atoms with Crippen LogP contribution in [0.5, 0.6) is 0 Å². The van der Waals surface area contributed by atoms with Crippen LogP contribution in [0.4, 0.5) is 0 Å². The fourth-order valence-electron chi connectivity index (χ4n) is 2.03. The van der Waals surface area contributed by atoms with Gasteiger partial charge in [0.15, 0.2) is 0 Å². The first kappa shape index (κ1) is 9.93. The normalized spacial score (nSPS) is 25.8. The van der Waals surface area contributed by atoms with Crippen LogP contribution in [0.25, 0.3) is 0 Å². The zero-order valence-corrected chi connectivity index (χ0v) is 8.66. The largest absolute Gasteiger partial charge is 0.380 e. The summed E-state index contributed by atoms with van der Waals surface area (Å²) in [5, 5.41) is 0. The topological polar surface area (TPSA) is 55.6 Å². The van der Waals surface area contributed by atoms with Gasteiger partial charge in [-0.15, -0.1) is 0 Å². The smallest absolute Gasteiger partial charge is 0.223 e. The molecular formula is C10H18N2O2. The number of nitrogens with zero attached hydrogens (tertiary/aromatic N) is 1. The average Bonchev–Trinajstić information content (AvgIpc) is 2.79. The number of amides is 1.